The van der Waals surface area contributed by atoms with E-state index in [1.165, 1.54) is 50.7 Å². The van der Waals surface area contributed by atoms with Gasteiger partial charge in [0.1, 0.15) is 0 Å². The molecule has 6 heteroatoms. The summed E-state index contributed by atoms with van der Waals surface area (Å²) in [5, 5.41) is 3.03. The number of hydrogen-bond donors (Lipinski definition) is 2. The van der Waals surface area contributed by atoms with E-state index in [2.05, 4.69) is 10.0 Å². The molecule has 0 spiro atoms. The lowest BCUT2D eigenvalue weighted by Gasteiger charge is -2.57. The molecule has 1 amide bonds. The lowest BCUT2D eigenvalue weighted by atomic mass is 9.49. The van der Waals surface area contributed by atoms with E-state index in [1.807, 2.05) is 0 Å². The van der Waals surface area contributed by atoms with Crippen molar-refractivity contribution >= 4 is 15.9 Å². The van der Waals surface area contributed by atoms with Crippen molar-refractivity contribution in [1.29, 1.82) is 0 Å². The summed E-state index contributed by atoms with van der Waals surface area (Å²) in [6.07, 6.45) is 9.36. The highest BCUT2D eigenvalue weighted by atomic mass is 32.2. The second-order valence-corrected chi connectivity index (χ2v) is 10.7. The lowest BCUT2D eigenvalue weighted by molar-refractivity contribution is -0.0564. The molecular weight excluding hydrogens is 360 g/mol. The van der Waals surface area contributed by atoms with E-state index < -0.39 is 10.0 Å². The topological polar surface area (TPSA) is 75.3 Å². The first-order chi connectivity index (χ1) is 12.9. The molecule has 0 heterocycles. The zero-order valence-corrected chi connectivity index (χ0v) is 16.9. The number of rotatable bonds is 7. The van der Waals surface area contributed by atoms with Gasteiger partial charge in [-0.15, -0.1) is 0 Å². The molecule has 0 aromatic heterocycles. The van der Waals surface area contributed by atoms with Crippen LogP contribution >= 0.6 is 0 Å². The van der Waals surface area contributed by atoms with Gasteiger partial charge in [-0.3, -0.25) is 4.79 Å². The van der Waals surface area contributed by atoms with E-state index in [4.69, 9.17) is 0 Å². The fourth-order valence-electron chi connectivity index (χ4n) is 6.22. The summed E-state index contributed by atoms with van der Waals surface area (Å²) in [6.45, 7) is 2.73. The number of carbonyl (C=O) groups is 1. The fraction of sp³-hybridized carbons (Fsp3) is 0.667. The molecule has 27 heavy (non-hydrogen) atoms. The third-order valence-electron chi connectivity index (χ3n) is 6.85. The summed E-state index contributed by atoms with van der Waals surface area (Å²) in [7, 11) is -3.55. The quantitative estimate of drug-likeness (QED) is 0.750. The molecule has 4 bridgehead atoms. The van der Waals surface area contributed by atoms with Gasteiger partial charge in [-0.25, -0.2) is 13.1 Å². The van der Waals surface area contributed by atoms with Crippen molar-refractivity contribution in [2.75, 3.05) is 13.1 Å². The molecule has 1 aromatic rings. The van der Waals surface area contributed by atoms with Crippen molar-refractivity contribution in [3.63, 3.8) is 0 Å². The highest BCUT2D eigenvalue weighted by molar-refractivity contribution is 7.89. The molecule has 0 saturated heterocycles. The first-order valence-electron chi connectivity index (χ1n) is 10.3. The summed E-state index contributed by atoms with van der Waals surface area (Å²) in [5.41, 5.74) is 0.845. The van der Waals surface area contributed by atoms with Crippen molar-refractivity contribution in [1.82, 2.24) is 10.0 Å². The first kappa shape index (κ1) is 18.9. The Morgan fingerprint density at radius 2 is 1.74 bits per heavy atom. The van der Waals surface area contributed by atoms with Crippen molar-refractivity contribution in [2.45, 2.75) is 56.8 Å². The number of benzene rings is 1. The molecule has 0 aliphatic heterocycles. The summed E-state index contributed by atoms with van der Waals surface area (Å²) in [4.78, 5) is 12.7. The number of carbonyl (C=O) groups excluding carboxylic acids is 1. The maximum absolute atomic E-state index is 12.5. The van der Waals surface area contributed by atoms with Gasteiger partial charge in [0.2, 0.25) is 10.0 Å². The molecule has 0 unspecified atom stereocenters. The molecule has 0 atom stereocenters. The Morgan fingerprint density at radius 1 is 1.11 bits per heavy atom. The number of sulfonamides is 1. The summed E-state index contributed by atoms with van der Waals surface area (Å²) < 4.78 is 26.7. The average molecular weight is 391 g/mol. The number of nitrogens with one attached hydrogen (secondary N) is 2. The molecule has 4 fully saturated rings. The monoisotopic (exact) mass is 390 g/mol. The second-order valence-electron chi connectivity index (χ2n) is 8.95. The van der Waals surface area contributed by atoms with Crippen LogP contribution in [0, 0.1) is 23.2 Å². The second kappa shape index (κ2) is 7.21. The van der Waals surface area contributed by atoms with Crippen molar-refractivity contribution in [3.05, 3.63) is 29.8 Å². The molecule has 2 N–H and O–H groups in total. The molecule has 0 radical (unpaired) electrons. The Bertz CT molecular complexity index is 783. The van der Waals surface area contributed by atoms with Crippen LogP contribution in [0.5, 0.6) is 0 Å². The molecule has 4 aliphatic carbocycles. The number of hydrogen-bond acceptors (Lipinski definition) is 3. The maximum atomic E-state index is 12.5. The van der Waals surface area contributed by atoms with Gasteiger partial charge in [0.15, 0.2) is 0 Å². The number of amides is 1. The Hall–Kier alpha value is -1.40. The normalized spacial score (nSPS) is 31.8. The van der Waals surface area contributed by atoms with Crippen molar-refractivity contribution in [3.8, 4) is 0 Å². The molecular formula is C21H30N2O3S. The zero-order valence-electron chi connectivity index (χ0n) is 16.0. The van der Waals surface area contributed by atoms with E-state index >= 15 is 0 Å². The maximum Gasteiger partial charge on any atom is 0.251 e. The van der Waals surface area contributed by atoms with Gasteiger partial charge in [0.25, 0.3) is 5.91 Å². The average Bonchev–Trinajstić information content (AvgIpc) is 2.60. The van der Waals surface area contributed by atoms with Crippen LogP contribution in [0.2, 0.25) is 0 Å². The van der Waals surface area contributed by atoms with Crippen LogP contribution in [0.25, 0.3) is 0 Å². The smallest absolute Gasteiger partial charge is 0.251 e. The Kier molecular flexibility index (Phi) is 5.06. The van der Waals surface area contributed by atoms with Crippen LogP contribution in [-0.2, 0) is 10.0 Å². The first-order valence-corrected chi connectivity index (χ1v) is 11.8. The zero-order chi connectivity index (χ0) is 19.1. The Labute approximate surface area is 162 Å². The standard InChI is InChI=1S/C21H30N2O3S/c1-2-23-27(25,26)19-5-3-4-18(11-19)20(24)22-7-6-21-12-15-8-16(13-21)10-17(9-15)14-21/h3-5,11,15-17,23H,2,6-10,12-14H2,1H3,(H,22,24). The van der Waals surface area contributed by atoms with Gasteiger partial charge in [0, 0.05) is 18.7 Å². The van der Waals surface area contributed by atoms with E-state index in [1.54, 1.807) is 19.1 Å². The minimum atomic E-state index is -3.55. The molecule has 1 aromatic carbocycles. The minimum Gasteiger partial charge on any atom is -0.352 e. The molecule has 5 nitrogen and oxygen atoms in total. The highest BCUT2D eigenvalue weighted by Gasteiger charge is 2.50. The largest absolute Gasteiger partial charge is 0.352 e. The third kappa shape index (κ3) is 3.92. The molecule has 4 aliphatic rings. The lowest BCUT2D eigenvalue weighted by Crippen LogP contribution is -2.47. The molecule has 148 valence electrons. The van der Waals surface area contributed by atoms with Gasteiger partial charge in [-0.1, -0.05) is 13.0 Å². The predicted molar refractivity (Wildman–Crippen MR) is 105 cm³/mol. The van der Waals surface area contributed by atoms with Crippen LogP contribution in [0.15, 0.2) is 29.2 Å². The SMILES string of the molecule is CCNS(=O)(=O)c1cccc(C(=O)NCCC23CC4CC(CC(C4)C2)C3)c1. The van der Waals surface area contributed by atoms with Crippen LogP contribution in [0.1, 0.15) is 62.2 Å². The van der Waals surface area contributed by atoms with Gasteiger partial charge in [-0.2, -0.15) is 0 Å². The Morgan fingerprint density at radius 3 is 2.33 bits per heavy atom. The van der Waals surface area contributed by atoms with Crippen LogP contribution in [-0.4, -0.2) is 27.4 Å². The van der Waals surface area contributed by atoms with Gasteiger partial charge in [-0.05, 0) is 86.3 Å². The minimum absolute atomic E-state index is 0.137. The summed E-state index contributed by atoms with van der Waals surface area (Å²) in [5.74, 6) is 2.56. The van der Waals surface area contributed by atoms with E-state index in [0.29, 0.717) is 24.1 Å². The van der Waals surface area contributed by atoms with E-state index in [9.17, 15) is 13.2 Å². The van der Waals surface area contributed by atoms with Gasteiger partial charge in [0.05, 0.1) is 4.90 Å². The van der Waals surface area contributed by atoms with E-state index in [-0.39, 0.29) is 10.8 Å². The Balaban J connectivity index is 1.36. The van der Waals surface area contributed by atoms with Crippen LogP contribution < -0.4 is 10.0 Å². The molecule has 5 rings (SSSR count). The van der Waals surface area contributed by atoms with E-state index in [0.717, 1.165) is 24.2 Å². The summed E-state index contributed by atoms with van der Waals surface area (Å²) in [6, 6.07) is 6.27. The van der Waals surface area contributed by atoms with Crippen molar-refractivity contribution < 1.29 is 13.2 Å². The van der Waals surface area contributed by atoms with Crippen LogP contribution in [0.4, 0.5) is 0 Å². The van der Waals surface area contributed by atoms with Gasteiger partial charge >= 0.3 is 0 Å². The predicted octanol–water partition coefficient (Wildman–Crippen LogP) is 3.32. The molecule has 4 saturated carbocycles. The van der Waals surface area contributed by atoms with Crippen molar-refractivity contribution in [2.24, 2.45) is 23.2 Å². The van der Waals surface area contributed by atoms with Crippen LogP contribution in [0.3, 0.4) is 0 Å². The highest BCUT2D eigenvalue weighted by Crippen LogP contribution is 2.61. The summed E-state index contributed by atoms with van der Waals surface area (Å²) >= 11 is 0. The third-order valence-corrected chi connectivity index (χ3v) is 8.39. The van der Waals surface area contributed by atoms with Gasteiger partial charge < -0.3 is 5.32 Å². The fourth-order valence-corrected chi connectivity index (χ4v) is 7.30.